The quantitative estimate of drug-likeness (QED) is 0.754. The number of amides is 1. The number of hydrogen-bond acceptors (Lipinski definition) is 3. The number of carbonyl (C=O) groups excluding carboxylic acids is 1. The van der Waals surface area contributed by atoms with Crippen LogP contribution < -0.4 is 10.1 Å². The molecule has 0 saturated carbocycles. The first kappa shape index (κ1) is 16.1. The minimum absolute atomic E-state index is 0.108. The Labute approximate surface area is 141 Å². The molecule has 2 aromatic heterocycles. The smallest absolute Gasteiger partial charge is 0.230 e. The van der Waals surface area contributed by atoms with Gasteiger partial charge in [0.15, 0.2) is 0 Å². The monoisotopic (exact) mass is 323 g/mol. The average Bonchev–Trinajstić information content (AvgIpc) is 2.98. The van der Waals surface area contributed by atoms with Crippen molar-refractivity contribution < 1.29 is 9.53 Å². The van der Waals surface area contributed by atoms with Gasteiger partial charge in [0.1, 0.15) is 11.4 Å². The zero-order chi connectivity index (χ0) is 16.9. The summed E-state index contributed by atoms with van der Waals surface area (Å²) >= 11 is 0. The fourth-order valence-electron chi connectivity index (χ4n) is 2.56. The molecule has 1 N–H and O–H groups in total. The highest BCUT2D eigenvalue weighted by atomic mass is 16.5. The molecule has 2 heterocycles. The maximum atomic E-state index is 12.4. The van der Waals surface area contributed by atoms with Gasteiger partial charge in [-0.25, -0.2) is 4.98 Å². The minimum atomic E-state index is -0.108. The number of aryl methyl sites for hydroxylation is 1. The number of nitrogens with one attached hydrogen (secondary N) is 1. The fourth-order valence-corrected chi connectivity index (χ4v) is 2.56. The average molecular weight is 323 g/mol. The predicted octanol–water partition coefficient (Wildman–Crippen LogP) is 3.61. The third-order valence-corrected chi connectivity index (χ3v) is 3.69. The number of fused-ring (bicyclic) bond motifs is 1. The van der Waals surface area contributed by atoms with E-state index in [1.807, 2.05) is 67.0 Å². The number of nitrogens with zero attached hydrogens (tertiary/aromatic N) is 2. The lowest BCUT2D eigenvalue weighted by molar-refractivity contribution is -0.115. The number of anilines is 1. The molecule has 0 saturated heterocycles. The van der Waals surface area contributed by atoms with E-state index in [-0.39, 0.29) is 12.3 Å². The van der Waals surface area contributed by atoms with E-state index in [0.717, 1.165) is 23.3 Å². The molecule has 5 heteroatoms. The fraction of sp³-hybridized carbons (Fsp3) is 0.263. The molecule has 124 valence electrons. The summed E-state index contributed by atoms with van der Waals surface area (Å²) < 4.78 is 7.61. The largest absolute Gasteiger partial charge is 0.491 e. The van der Waals surface area contributed by atoms with Crippen LogP contribution in [0.5, 0.6) is 5.75 Å². The van der Waals surface area contributed by atoms with Gasteiger partial charge < -0.3 is 14.5 Å². The van der Waals surface area contributed by atoms with Crippen molar-refractivity contribution in [2.24, 2.45) is 0 Å². The Kier molecular flexibility index (Phi) is 4.79. The number of carbonyl (C=O) groups is 1. The molecule has 0 aliphatic rings. The van der Waals surface area contributed by atoms with Crippen molar-refractivity contribution in [1.82, 2.24) is 9.38 Å². The molecule has 0 aliphatic carbocycles. The lowest BCUT2D eigenvalue weighted by Gasteiger charge is -2.11. The lowest BCUT2D eigenvalue weighted by Crippen LogP contribution is -2.15. The van der Waals surface area contributed by atoms with Gasteiger partial charge >= 0.3 is 0 Å². The normalized spacial score (nSPS) is 10.8. The first-order valence-electron chi connectivity index (χ1n) is 8.12. The van der Waals surface area contributed by atoms with E-state index in [0.29, 0.717) is 18.0 Å². The van der Waals surface area contributed by atoms with Gasteiger partial charge in [0, 0.05) is 12.4 Å². The zero-order valence-electron chi connectivity index (χ0n) is 14.0. The molecule has 5 nitrogen and oxygen atoms in total. The summed E-state index contributed by atoms with van der Waals surface area (Å²) in [6.07, 6.45) is 4.97. The molecular weight excluding hydrogens is 302 g/mol. The minimum Gasteiger partial charge on any atom is -0.491 e. The van der Waals surface area contributed by atoms with Crippen LogP contribution in [0.1, 0.15) is 24.6 Å². The summed E-state index contributed by atoms with van der Waals surface area (Å²) in [5.74, 6) is 0.585. The summed E-state index contributed by atoms with van der Waals surface area (Å²) in [6, 6.07) is 11.5. The van der Waals surface area contributed by atoms with Crippen LogP contribution in [0.15, 0.2) is 48.8 Å². The summed E-state index contributed by atoms with van der Waals surface area (Å²) in [7, 11) is 0. The number of pyridine rings is 1. The van der Waals surface area contributed by atoms with Crippen molar-refractivity contribution in [2.45, 2.75) is 26.7 Å². The van der Waals surface area contributed by atoms with Crippen molar-refractivity contribution in [3.05, 3.63) is 60.0 Å². The Morgan fingerprint density at radius 1 is 1.25 bits per heavy atom. The van der Waals surface area contributed by atoms with Crippen molar-refractivity contribution in [3.63, 3.8) is 0 Å². The Morgan fingerprint density at radius 3 is 2.88 bits per heavy atom. The lowest BCUT2D eigenvalue weighted by atomic mass is 10.2. The van der Waals surface area contributed by atoms with Gasteiger partial charge in [-0.1, -0.05) is 25.1 Å². The number of rotatable bonds is 6. The maximum absolute atomic E-state index is 12.4. The molecule has 0 atom stereocenters. The van der Waals surface area contributed by atoms with Gasteiger partial charge in [-0.05, 0) is 37.1 Å². The van der Waals surface area contributed by atoms with Gasteiger partial charge in [-0.3, -0.25) is 4.79 Å². The topological polar surface area (TPSA) is 55.6 Å². The highest BCUT2D eigenvalue weighted by Crippen LogP contribution is 2.24. The van der Waals surface area contributed by atoms with Gasteiger partial charge in [0.2, 0.25) is 5.91 Å². The first-order valence-corrected chi connectivity index (χ1v) is 8.12. The van der Waals surface area contributed by atoms with E-state index < -0.39 is 0 Å². The van der Waals surface area contributed by atoms with E-state index >= 15 is 0 Å². The molecule has 3 rings (SSSR count). The Hall–Kier alpha value is -2.82. The number of para-hydroxylation sites is 2. The molecule has 3 aromatic rings. The number of imidazole rings is 1. The molecular formula is C19H21N3O2. The van der Waals surface area contributed by atoms with Crippen molar-refractivity contribution >= 4 is 17.2 Å². The molecule has 0 bridgehead atoms. The van der Waals surface area contributed by atoms with Crippen LogP contribution in [0, 0.1) is 6.92 Å². The molecule has 0 radical (unpaired) electrons. The second-order valence-electron chi connectivity index (χ2n) is 5.72. The first-order chi connectivity index (χ1) is 11.7. The third kappa shape index (κ3) is 3.56. The Bertz CT molecular complexity index is 855. The molecule has 0 spiro atoms. The van der Waals surface area contributed by atoms with Crippen LogP contribution >= 0.6 is 0 Å². The van der Waals surface area contributed by atoms with Gasteiger partial charge in [0.05, 0.1) is 24.4 Å². The second kappa shape index (κ2) is 7.17. The second-order valence-corrected chi connectivity index (χ2v) is 5.72. The van der Waals surface area contributed by atoms with Crippen LogP contribution in [0.2, 0.25) is 0 Å². The standard InChI is InChI=1S/C19H21N3O2/c1-3-11-24-17-9-5-4-8-16(17)21-18(23)12-15-13-22-10-6-7-14(2)19(22)20-15/h4-10,13H,3,11-12H2,1-2H3,(H,21,23). The van der Waals surface area contributed by atoms with Crippen molar-refractivity contribution in [2.75, 3.05) is 11.9 Å². The van der Waals surface area contributed by atoms with Crippen LogP contribution in [0.25, 0.3) is 5.65 Å². The van der Waals surface area contributed by atoms with E-state index in [4.69, 9.17) is 4.74 Å². The van der Waals surface area contributed by atoms with Crippen LogP contribution in [0.3, 0.4) is 0 Å². The molecule has 0 unspecified atom stereocenters. The van der Waals surface area contributed by atoms with Gasteiger partial charge in [-0.15, -0.1) is 0 Å². The van der Waals surface area contributed by atoms with Gasteiger partial charge in [-0.2, -0.15) is 0 Å². The number of ether oxygens (including phenoxy) is 1. The molecule has 1 amide bonds. The molecule has 1 aromatic carbocycles. The van der Waals surface area contributed by atoms with Gasteiger partial charge in [0.25, 0.3) is 0 Å². The Morgan fingerprint density at radius 2 is 2.08 bits per heavy atom. The summed E-state index contributed by atoms with van der Waals surface area (Å²) in [6.45, 7) is 4.68. The SMILES string of the molecule is CCCOc1ccccc1NC(=O)Cc1cn2cccc(C)c2n1. The highest BCUT2D eigenvalue weighted by Gasteiger charge is 2.11. The van der Waals surface area contributed by atoms with E-state index in [1.165, 1.54) is 0 Å². The number of aromatic nitrogens is 2. The van der Waals surface area contributed by atoms with E-state index in [1.54, 1.807) is 0 Å². The van der Waals surface area contributed by atoms with Crippen LogP contribution in [-0.2, 0) is 11.2 Å². The molecule has 0 aliphatic heterocycles. The third-order valence-electron chi connectivity index (χ3n) is 3.69. The Balaban J connectivity index is 1.72. The molecule has 24 heavy (non-hydrogen) atoms. The van der Waals surface area contributed by atoms with Crippen LogP contribution in [0.4, 0.5) is 5.69 Å². The molecule has 0 fully saturated rings. The zero-order valence-corrected chi connectivity index (χ0v) is 14.0. The van der Waals surface area contributed by atoms with E-state index in [9.17, 15) is 4.79 Å². The van der Waals surface area contributed by atoms with Crippen LogP contribution in [-0.4, -0.2) is 21.9 Å². The summed E-state index contributed by atoms with van der Waals surface area (Å²) in [4.78, 5) is 16.9. The van der Waals surface area contributed by atoms with Crippen molar-refractivity contribution in [1.29, 1.82) is 0 Å². The number of hydrogen-bond donors (Lipinski definition) is 1. The highest BCUT2D eigenvalue weighted by molar-refractivity contribution is 5.93. The summed E-state index contributed by atoms with van der Waals surface area (Å²) in [5, 5.41) is 2.91. The van der Waals surface area contributed by atoms with E-state index in [2.05, 4.69) is 10.3 Å². The van der Waals surface area contributed by atoms with Crippen molar-refractivity contribution in [3.8, 4) is 5.75 Å². The maximum Gasteiger partial charge on any atom is 0.230 e. The number of benzene rings is 1. The predicted molar refractivity (Wildman–Crippen MR) is 94.5 cm³/mol. The summed E-state index contributed by atoms with van der Waals surface area (Å²) in [5.41, 5.74) is 3.40.